The molecule has 1 N–H and O–H groups in total. The first kappa shape index (κ1) is 28.4. The van der Waals surface area contributed by atoms with Crippen LogP contribution in [0.5, 0.6) is 0 Å². The number of nitrogens with zero attached hydrogens (tertiary/aromatic N) is 4. The van der Waals surface area contributed by atoms with Crippen LogP contribution < -0.4 is 4.90 Å². The topological polar surface area (TPSA) is 77.0 Å². The first-order valence-electron chi connectivity index (χ1n) is 12.3. The van der Waals surface area contributed by atoms with Crippen molar-refractivity contribution in [1.29, 1.82) is 0 Å². The zero-order chi connectivity index (χ0) is 27.8. The third kappa shape index (κ3) is 5.58. The van der Waals surface area contributed by atoms with Crippen LogP contribution in [0.4, 0.5) is 19.0 Å². The van der Waals surface area contributed by atoms with E-state index in [4.69, 9.17) is 23.2 Å². The first-order chi connectivity index (χ1) is 17.8. The number of hydrogen-bond acceptors (Lipinski definition) is 5. The van der Waals surface area contributed by atoms with Gasteiger partial charge in [-0.2, -0.15) is 13.2 Å². The monoisotopic (exact) mass is 572 g/mol. The van der Waals surface area contributed by atoms with E-state index in [1.54, 1.807) is 26.2 Å². The van der Waals surface area contributed by atoms with E-state index in [2.05, 4.69) is 9.88 Å². The lowest BCUT2D eigenvalue weighted by atomic mass is 9.82. The van der Waals surface area contributed by atoms with E-state index in [9.17, 15) is 27.9 Å². The second kappa shape index (κ2) is 10.9. The van der Waals surface area contributed by atoms with Crippen LogP contribution in [-0.2, 0) is 10.4 Å². The van der Waals surface area contributed by atoms with Crippen molar-refractivity contribution in [3.05, 3.63) is 57.7 Å². The first-order valence-corrected chi connectivity index (χ1v) is 13.0. The molecule has 0 unspecified atom stereocenters. The Labute approximate surface area is 229 Å². The number of alkyl halides is 3. The molecule has 0 aliphatic carbocycles. The maximum atomic E-state index is 13.9. The second-order valence-corrected chi connectivity index (χ2v) is 11.0. The Morgan fingerprint density at radius 1 is 1.08 bits per heavy atom. The van der Waals surface area contributed by atoms with Crippen molar-refractivity contribution < 1.29 is 27.9 Å². The van der Waals surface area contributed by atoms with Gasteiger partial charge in [0.2, 0.25) is 0 Å². The zero-order valence-corrected chi connectivity index (χ0v) is 22.5. The summed E-state index contributed by atoms with van der Waals surface area (Å²) >= 11 is 12.1. The number of aromatic nitrogens is 1. The maximum absolute atomic E-state index is 13.9. The van der Waals surface area contributed by atoms with Crippen LogP contribution in [-0.4, -0.2) is 78.2 Å². The predicted octanol–water partition coefficient (Wildman–Crippen LogP) is 4.61. The Kier molecular flexibility index (Phi) is 8.16. The van der Waals surface area contributed by atoms with Gasteiger partial charge in [0.25, 0.3) is 17.4 Å². The van der Waals surface area contributed by atoms with Crippen molar-refractivity contribution in [3.8, 4) is 0 Å². The summed E-state index contributed by atoms with van der Waals surface area (Å²) < 4.78 is 41.7. The van der Waals surface area contributed by atoms with Crippen LogP contribution in [0.15, 0.2) is 36.4 Å². The van der Waals surface area contributed by atoms with E-state index >= 15 is 0 Å². The van der Waals surface area contributed by atoms with Crippen molar-refractivity contribution in [1.82, 2.24) is 14.8 Å². The summed E-state index contributed by atoms with van der Waals surface area (Å²) in [6.45, 7) is 1.78. The van der Waals surface area contributed by atoms with Crippen molar-refractivity contribution in [2.75, 3.05) is 45.2 Å². The number of amides is 2. The molecule has 1 aromatic carbocycles. The molecule has 4 rings (SSSR count). The number of pyridine rings is 1. The minimum atomic E-state index is -5.19. The molecular weight excluding hydrogens is 544 g/mol. The third-order valence-corrected chi connectivity index (χ3v) is 7.81. The highest BCUT2D eigenvalue weighted by molar-refractivity contribution is 6.32. The smallest absolute Gasteiger partial charge is 0.368 e. The van der Waals surface area contributed by atoms with Crippen LogP contribution >= 0.6 is 23.2 Å². The van der Waals surface area contributed by atoms with Crippen LogP contribution in [0.25, 0.3) is 0 Å². The summed E-state index contributed by atoms with van der Waals surface area (Å²) in [5, 5.41) is 10.7. The van der Waals surface area contributed by atoms with Gasteiger partial charge in [0.1, 0.15) is 11.0 Å². The molecule has 0 spiro atoms. The number of rotatable bonds is 6. The Balaban J connectivity index is 1.31. The van der Waals surface area contributed by atoms with Crippen molar-refractivity contribution in [2.24, 2.45) is 11.8 Å². The number of halogens is 5. The van der Waals surface area contributed by atoms with Crippen molar-refractivity contribution in [3.63, 3.8) is 0 Å². The molecule has 2 amide bonds. The molecular formula is C26H29Cl2F3N4O3. The molecule has 3 heterocycles. The highest BCUT2D eigenvalue weighted by atomic mass is 35.5. The molecule has 2 fully saturated rings. The van der Waals surface area contributed by atoms with Crippen LogP contribution in [0, 0.1) is 11.8 Å². The summed E-state index contributed by atoms with van der Waals surface area (Å²) in [5.74, 6) is -0.486. The third-order valence-electron chi connectivity index (χ3n) is 7.28. The van der Waals surface area contributed by atoms with Crippen LogP contribution in [0.2, 0.25) is 10.2 Å². The molecule has 2 aliphatic rings. The van der Waals surface area contributed by atoms with E-state index in [0.717, 1.165) is 49.4 Å². The Morgan fingerprint density at radius 3 is 2.29 bits per heavy atom. The summed E-state index contributed by atoms with van der Waals surface area (Å²) in [6, 6.07) is 8.12. The van der Waals surface area contributed by atoms with Gasteiger partial charge in [-0.1, -0.05) is 35.3 Å². The molecule has 7 nitrogen and oxygen atoms in total. The van der Waals surface area contributed by atoms with Gasteiger partial charge in [-0.15, -0.1) is 0 Å². The molecule has 206 valence electrons. The van der Waals surface area contributed by atoms with E-state index in [1.807, 2.05) is 0 Å². The predicted molar refractivity (Wildman–Crippen MR) is 138 cm³/mol. The van der Waals surface area contributed by atoms with Gasteiger partial charge < -0.3 is 19.8 Å². The largest absolute Gasteiger partial charge is 0.430 e. The molecule has 2 saturated heterocycles. The van der Waals surface area contributed by atoms with E-state index < -0.39 is 23.2 Å². The Morgan fingerprint density at radius 2 is 1.74 bits per heavy atom. The van der Waals surface area contributed by atoms with E-state index in [-0.39, 0.29) is 35.1 Å². The summed E-state index contributed by atoms with van der Waals surface area (Å²) in [5.41, 5.74) is -3.90. The maximum Gasteiger partial charge on any atom is 0.430 e. The van der Waals surface area contributed by atoms with Crippen LogP contribution in [0.1, 0.15) is 35.2 Å². The van der Waals surface area contributed by atoms with E-state index in [1.165, 1.54) is 17.0 Å². The fourth-order valence-electron chi connectivity index (χ4n) is 5.11. The van der Waals surface area contributed by atoms with Gasteiger partial charge in [0.15, 0.2) is 0 Å². The van der Waals surface area contributed by atoms with Crippen molar-refractivity contribution in [2.45, 2.75) is 31.0 Å². The molecule has 38 heavy (non-hydrogen) atoms. The quantitative estimate of drug-likeness (QED) is 0.512. The minimum Gasteiger partial charge on any atom is -0.368 e. The SMILES string of the molecule is CN(C)C(=O)c1ccc(N2CCC(CC3CN(C(=O)[C@](O)(c4cccc(Cl)c4)C(F)(F)F)C3)CC2)nc1Cl. The number of anilines is 1. The van der Waals surface area contributed by atoms with Gasteiger partial charge in [0.05, 0.1) is 5.56 Å². The molecule has 12 heteroatoms. The Hall–Kier alpha value is -2.56. The minimum absolute atomic E-state index is 0.00118. The number of likely N-dealkylation sites (tertiary alicyclic amines) is 1. The number of carbonyl (C=O) groups is 2. The fourth-order valence-corrected chi connectivity index (χ4v) is 5.53. The molecule has 1 aromatic heterocycles. The van der Waals surface area contributed by atoms with Gasteiger partial charge in [-0.3, -0.25) is 9.59 Å². The second-order valence-electron chi connectivity index (χ2n) is 10.2. The average molecular weight is 573 g/mol. The van der Waals surface area contributed by atoms with Gasteiger partial charge in [-0.25, -0.2) is 4.98 Å². The molecule has 0 saturated carbocycles. The number of aliphatic hydroxyl groups is 1. The molecule has 0 bridgehead atoms. The zero-order valence-electron chi connectivity index (χ0n) is 21.0. The number of benzene rings is 1. The van der Waals surface area contributed by atoms with Gasteiger partial charge >= 0.3 is 6.18 Å². The average Bonchev–Trinajstić information content (AvgIpc) is 2.84. The van der Waals surface area contributed by atoms with Gasteiger partial charge in [0, 0.05) is 50.9 Å². The number of hydrogen-bond donors (Lipinski definition) is 1. The fraction of sp³-hybridized carbons (Fsp3) is 0.500. The van der Waals surface area contributed by atoms with Gasteiger partial charge in [-0.05, 0) is 55.4 Å². The molecule has 0 radical (unpaired) electrons. The number of piperidine rings is 1. The molecule has 2 aliphatic heterocycles. The number of carbonyl (C=O) groups excluding carboxylic acids is 2. The molecule has 1 atom stereocenters. The van der Waals surface area contributed by atoms with Crippen LogP contribution in [0.3, 0.4) is 0 Å². The lowest BCUT2D eigenvalue weighted by Gasteiger charge is -2.45. The standard InChI is InChI=1S/C26H29Cl2F3N4O3/c1-33(2)23(36)20-6-7-21(32-22(20)28)34-10-8-16(9-11-34)12-17-14-35(15-17)24(37)25(38,26(29,30)31)18-4-3-5-19(27)13-18/h3-7,13,16-17,38H,8-12,14-15H2,1-2H3/t25-/m1/s1. The molecule has 2 aromatic rings. The normalized spacial score (nSPS) is 18.6. The summed E-state index contributed by atoms with van der Waals surface area (Å²) in [6.07, 6.45) is -2.69. The highest BCUT2D eigenvalue weighted by Crippen LogP contribution is 2.43. The lowest BCUT2D eigenvalue weighted by molar-refractivity contribution is -0.264. The summed E-state index contributed by atoms with van der Waals surface area (Å²) in [4.78, 5) is 34.0. The lowest BCUT2D eigenvalue weighted by Crippen LogP contribution is -2.61. The highest BCUT2D eigenvalue weighted by Gasteiger charge is 2.63. The Bertz CT molecular complexity index is 1200. The van der Waals surface area contributed by atoms with Crippen molar-refractivity contribution >= 4 is 40.8 Å². The summed E-state index contributed by atoms with van der Waals surface area (Å²) in [7, 11) is 3.29. The van der Waals surface area contributed by atoms with E-state index in [0.29, 0.717) is 17.3 Å².